The zero-order valence-corrected chi connectivity index (χ0v) is 12.3. The zero-order chi connectivity index (χ0) is 14.5. The van der Waals surface area contributed by atoms with E-state index < -0.39 is 0 Å². The van der Waals surface area contributed by atoms with Gasteiger partial charge in [0.15, 0.2) is 0 Å². The van der Waals surface area contributed by atoms with Crippen molar-refractivity contribution in [3.8, 4) is 5.75 Å². The molecule has 1 saturated carbocycles. The van der Waals surface area contributed by atoms with Crippen LogP contribution in [0.2, 0.25) is 0 Å². The summed E-state index contributed by atoms with van der Waals surface area (Å²) in [5, 5.41) is 0. The first-order valence-corrected chi connectivity index (χ1v) is 7.39. The van der Waals surface area contributed by atoms with Gasteiger partial charge < -0.3 is 15.4 Å². The minimum atomic E-state index is 0.0374. The molecule has 1 aliphatic carbocycles. The van der Waals surface area contributed by atoms with Crippen LogP contribution in [0.1, 0.15) is 43.0 Å². The van der Waals surface area contributed by atoms with Crippen LogP contribution in [0.3, 0.4) is 0 Å². The minimum Gasteiger partial charge on any atom is -0.494 e. The van der Waals surface area contributed by atoms with E-state index in [1.54, 1.807) is 4.90 Å². The van der Waals surface area contributed by atoms with E-state index in [2.05, 4.69) is 0 Å². The predicted octanol–water partition coefficient (Wildman–Crippen LogP) is 2.43. The normalized spacial score (nSPS) is 22.4. The van der Waals surface area contributed by atoms with Crippen LogP contribution in [0, 0.1) is 0 Å². The molecular formula is C16H24N2O2. The largest absolute Gasteiger partial charge is 0.494 e. The number of nitrogens with two attached hydrogens (primary N) is 1. The second-order valence-corrected chi connectivity index (χ2v) is 5.39. The first-order chi connectivity index (χ1) is 9.63. The van der Waals surface area contributed by atoms with Gasteiger partial charge in [-0.1, -0.05) is 12.8 Å². The Morgan fingerprint density at radius 3 is 2.55 bits per heavy atom. The summed E-state index contributed by atoms with van der Waals surface area (Å²) in [4.78, 5) is 14.3. The van der Waals surface area contributed by atoms with Crippen LogP contribution in [0.4, 0.5) is 0 Å². The lowest BCUT2D eigenvalue weighted by molar-refractivity contribution is 0.0672. The lowest BCUT2D eigenvalue weighted by Gasteiger charge is -2.36. The highest BCUT2D eigenvalue weighted by molar-refractivity contribution is 5.94. The van der Waals surface area contributed by atoms with Crippen molar-refractivity contribution < 1.29 is 9.53 Å². The standard InChI is InChI=1S/C16H24N2O2/c1-3-20-13-10-8-12(9-11-13)16(19)18(2)15-7-5-4-6-14(15)17/h8-11,14-15H,3-7,17H2,1-2H3. The Hall–Kier alpha value is -1.55. The fraction of sp³-hybridized carbons (Fsp3) is 0.562. The Balaban J connectivity index is 2.05. The molecule has 0 radical (unpaired) electrons. The second kappa shape index (κ2) is 6.75. The second-order valence-electron chi connectivity index (χ2n) is 5.39. The maximum absolute atomic E-state index is 12.5. The summed E-state index contributed by atoms with van der Waals surface area (Å²) in [7, 11) is 1.86. The Morgan fingerprint density at radius 2 is 1.95 bits per heavy atom. The SMILES string of the molecule is CCOc1ccc(C(=O)N(C)C2CCCCC2N)cc1. The molecule has 0 aromatic heterocycles. The average molecular weight is 276 g/mol. The van der Waals surface area contributed by atoms with Crippen molar-refractivity contribution in [2.75, 3.05) is 13.7 Å². The topological polar surface area (TPSA) is 55.6 Å². The van der Waals surface area contributed by atoms with Crippen molar-refractivity contribution in [3.63, 3.8) is 0 Å². The molecule has 0 spiro atoms. The Bertz CT molecular complexity index is 444. The molecule has 20 heavy (non-hydrogen) atoms. The Kier molecular flexibility index (Phi) is 5.01. The van der Waals surface area contributed by atoms with E-state index in [-0.39, 0.29) is 18.0 Å². The number of carbonyl (C=O) groups excluding carboxylic acids is 1. The van der Waals surface area contributed by atoms with Crippen molar-refractivity contribution in [3.05, 3.63) is 29.8 Å². The molecule has 1 aromatic rings. The molecule has 2 atom stereocenters. The van der Waals surface area contributed by atoms with Crippen molar-refractivity contribution in [2.45, 2.75) is 44.7 Å². The van der Waals surface area contributed by atoms with Gasteiger partial charge in [-0.25, -0.2) is 0 Å². The number of benzene rings is 1. The van der Waals surface area contributed by atoms with Gasteiger partial charge >= 0.3 is 0 Å². The van der Waals surface area contributed by atoms with Crippen molar-refractivity contribution in [2.24, 2.45) is 5.73 Å². The molecule has 4 nitrogen and oxygen atoms in total. The maximum Gasteiger partial charge on any atom is 0.253 e. The number of nitrogens with zero attached hydrogens (tertiary/aromatic N) is 1. The fourth-order valence-corrected chi connectivity index (χ4v) is 2.84. The van der Waals surface area contributed by atoms with Crippen LogP contribution in [-0.4, -0.2) is 36.5 Å². The first-order valence-electron chi connectivity index (χ1n) is 7.39. The molecule has 2 unspecified atom stereocenters. The molecule has 1 aliphatic rings. The number of hydrogen-bond acceptors (Lipinski definition) is 3. The third-order valence-electron chi connectivity index (χ3n) is 4.01. The van der Waals surface area contributed by atoms with Crippen LogP contribution in [0.25, 0.3) is 0 Å². The van der Waals surface area contributed by atoms with Crippen LogP contribution >= 0.6 is 0 Å². The van der Waals surface area contributed by atoms with Gasteiger partial charge in [-0.05, 0) is 44.0 Å². The highest BCUT2D eigenvalue weighted by atomic mass is 16.5. The van der Waals surface area contributed by atoms with E-state index in [1.807, 2.05) is 38.2 Å². The molecule has 0 aliphatic heterocycles. The maximum atomic E-state index is 12.5. The summed E-state index contributed by atoms with van der Waals surface area (Å²) >= 11 is 0. The molecule has 1 aromatic carbocycles. The van der Waals surface area contributed by atoms with Gasteiger partial charge in [-0.3, -0.25) is 4.79 Å². The molecule has 110 valence electrons. The van der Waals surface area contributed by atoms with Crippen LogP contribution < -0.4 is 10.5 Å². The molecular weight excluding hydrogens is 252 g/mol. The summed E-state index contributed by atoms with van der Waals surface area (Å²) in [5.41, 5.74) is 6.83. The van der Waals surface area contributed by atoms with E-state index in [0.717, 1.165) is 25.0 Å². The molecule has 0 saturated heterocycles. The van der Waals surface area contributed by atoms with Crippen molar-refractivity contribution >= 4 is 5.91 Å². The summed E-state index contributed by atoms with van der Waals surface area (Å²) in [6.45, 7) is 2.57. The van der Waals surface area contributed by atoms with Gasteiger partial charge in [-0.2, -0.15) is 0 Å². The van der Waals surface area contributed by atoms with Crippen molar-refractivity contribution in [1.29, 1.82) is 0 Å². The van der Waals surface area contributed by atoms with Crippen LogP contribution in [0.15, 0.2) is 24.3 Å². The minimum absolute atomic E-state index is 0.0374. The van der Waals surface area contributed by atoms with E-state index in [0.29, 0.717) is 12.2 Å². The Labute approximate surface area is 120 Å². The van der Waals surface area contributed by atoms with E-state index in [1.165, 1.54) is 6.42 Å². The first kappa shape index (κ1) is 14.9. The zero-order valence-electron chi connectivity index (χ0n) is 12.3. The van der Waals surface area contributed by atoms with Gasteiger partial charge in [0.1, 0.15) is 5.75 Å². The average Bonchev–Trinajstić information content (AvgIpc) is 2.47. The number of ether oxygens (including phenoxy) is 1. The highest BCUT2D eigenvalue weighted by Crippen LogP contribution is 2.23. The molecule has 1 amide bonds. The van der Waals surface area contributed by atoms with Gasteiger partial charge in [0.05, 0.1) is 6.61 Å². The fourth-order valence-electron chi connectivity index (χ4n) is 2.84. The quantitative estimate of drug-likeness (QED) is 0.919. The van der Waals surface area contributed by atoms with Gasteiger partial charge in [-0.15, -0.1) is 0 Å². The summed E-state index contributed by atoms with van der Waals surface area (Å²) in [6.07, 6.45) is 4.33. The molecule has 0 bridgehead atoms. The lowest BCUT2D eigenvalue weighted by Crippen LogP contribution is -2.50. The van der Waals surface area contributed by atoms with E-state index in [9.17, 15) is 4.79 Å². The van der Waals surface area contributed by atoms with Gasteiger partial charge in [0.25, 0.3) is 5.91 Å². The third kappa shape index (κ3) is 3.31. The number of carbonyl (C=O) groups is 1. The van der Waals surface area contributed by atoms with Crippen LogP contribution in [0.5, 0.6) is 5.75 Å². The number of amides is 1. The molecule has 1 fully saturated rings. The number of likely N-dealkylation sites (N-methyl/N-ethyl adjacent to an activating group) is 1. The van der Waals surface area contributed by atoms with Gasteiger partial charge in [0, 0.05) is 24.7 Å². The third-order valence-corrected chi connectivity index (χ3v) is 4.01. The predicted molar refractivity (Wildman–Crippen MR) is 79.9 cm³/mol. The van der Waals surface area contributed by atoms with Crippen LogP contribution in [-0.2, 0) is 0 Å². The smallest absolute Gasteiger partial charge is 0.253 e. The monoisotopic (exact) mass is 276 g/mol. The lowest BCUT2D eigenvalue weighted by atomic mass is 9.90. The van der Waals surface area contributed by atoms with E-state index in [4.69, 9.17) is 10.5 Å². The molecule has 2 rings (SSSR count). The van der Waals surface area contributed by atoms with Gasteiger partial charge in [0.2, 0.25) is 0 Å². The molecule has 0 heterocycles. The summed E-state index contributed by atoms with van der Waals surface area (Å²) in [5.74, 6) is 0.830. The number of rotatable bonds is 4. The van der Waals surface area contributed by atoms with Crippen molar-refractivity contribution in [1.82, 2.24) is 4.90 Å². The highest BCUT2D eigenvalue weighted by Gasteiger charge is 2.28. The number of hydrogen-bond donors (Lipinski definition) is 1. The molecule has 4 heteroatoms. The molecule has 2 N–H and O–H groups in total. The van der Waals surface area contributed by atoms with E-state index >= 15 is 0 Å². The summed E-state index contributed by atoms with van der Waals surface area (Å²) < 4.78 is 5.39. The Morgan fingerprint density at radius 1 is 1.30 bits per heavy atom. The summed E-state index contributed by atoms with van der Waals surface area (Å²) in [6, 6.07) is 7.57.